The SMILES string of the molecule is O=C(NCc1ccc(F)c(OCC(F)(F)F)c1)NC1CC2(CCC2)C1. The highest BCUT2D eigenvalue weighted by Crippen LogP contribution is 2.55. The molecule has 2 saturated carbocycles. The number of ether oxygens (including phenoxy) is 1. The zero-order chi connectivity index (χ0) is 18.1. The molecule has 25 heavy (non-hydrogen) atoms. The number of alkyl halides is 3. The molecule has 1 spiro atoms. The Morgan fingerprint density at radius 3 is 2.60 bits per heavy atom. The Bertz CT molecular complexity index is 636. The van der Waals surface area contributed by atoms with Crippen LogP contribution in [0.15, 0.2) is 18.2 Å². The van der Waals surface area contributed by atoms with Crippen molar-refractivity contribution in [2.45, 2.75) is 50.9 Å². The first-order chi connectivity index (χ1) is 11.7. The molecular weight excluding hydrogens is 340 g/mol. The van der Waals surface area contributed by atoms with E-state index in [0.29, 0.717) is 11.0 Å². The molecule has 2 aliphatic carbocycles. The van der Waals surface area contributed by atoms with Crippen LogP contribution in [-0.4, -0.2) is 24.9 Å². The number of urea groups is 1. The Balaban J connectivity index is 1.45. The smallest absolute Gasteiger partial charge is 0.422 e. The summed E-state index contributed by atoms with van der Waals surface area (Å²) < 4.78 is 54.4. The molecule has 0 heterocycles. The summed E-state index contributed by atoms with van der Waals surface area (Å²) in [4.78, 5) is 11.9. The van der Waals surface area contributed by atoms with Crippen molar-refractivity contribution in [3.63, 3.8) is 0 Å². The van der Waals surface area contributed by atoms with Crippen LogP contribution < -0.4 is 15.4 Å². The molecule has 2 N–H and O–H groups in total. The van der Waals surface area contributed by atoms with Gasteiger partial charge in [-0.15, -0.1) is 0 Å². The van der Waals surface area contributed by atoms with E-state index >= 15 is 0 Å². The van der Waals surface area contributed by atoms with Crippen molar-refractivity contribution in [1.29, 1.82) is 0 Å². The van der Waals surface area contributed by atoms with Gasteiger partial charge in [0.15, 0.2) is 18.2 Å². The van der Waals surface area contributed by atoms with E-state index in [-0.39, 0.29) is 18.6 Å². The van der Waals surface area contributed by atoms with Crippen molar-refractivity contribution in [2.24, 2.45) is 5.41 Å². The normalized spacial score (nSPS) is 19.0. The third-order valence-corrected chi connectivity index (χ3v) is 4.95. The number of hydrogen-bond acceptors (Lipinski definition) is 2. The molecule has 0 unspecified atom stereocenters. The highest BCUT2D eigenvalue weighted by molar-refractivity contribution is 5.74. The van der Waals surface area contributed by atoms with Crippen LogP contribution in [0, 0.1) is 11.2 Å². The molecule has 2 fully saturated rings. The molecule has 2 aliphatic rings. The maximum absolute atomic E-state index is 13.5. The number of benzene rings is 1. The van der Waals surface area contributed by atoms with Gasteiger partial charge in [-0.2, -0.15) is 13.2 Å². The monoisotopic (exact) mass is 360 g/mol. The summed E-state index contributed by atoms with van der Waals surface area (Å²) in [5, 5.41) is 5.51. The van der Waals surface area contributed by atoms with Gasteiger partial charge in [0.25, 0.3) is 0 Å². The molecule has 0 saturated heterocycles. The van der Waals surface area contributed by atoms with Crippen LogP contribution in [-0.2, 0) is 6.54 Å². The van der Waals surface area contributed by atoms with Gasteiger partial charge in [-0.25, -0.2) is 9.18 Å². The van der Waals surface area contributed by atoms with Gasteiger partial charge in [-0.3, -0.25) is 0 Å². The fourth-order valence-electron chi connectivity index (χ4n) is 3.52. The summed E-state index contributed by atoms with van der Waals surface area (Å²) in [6, 6.07) is 3.42. The van der Waals surface area contributed by atoms with Gasteiger partial charge in [0.05, 0.1) is 0 Å². The number of hydrogen-bond donors (Lipinski definition) is 2. The second-order valence-electron chi connectivity index (χ2n) is 6.95. The zero-order valence-electron chi connectivity index (χ0n) is 13.6. The Morgan fingerprint density at radius 2 is 2.00 bits per heavy atom. The molecule has 0 atom stereocenters. The fourth-order valence-corrected chi connectivity index (χ4v) is 3.52. The van der Waals surface area contributed by atoms with E-state index < -0.39 is 24.3 Å². The summed E-state index contributed by atoms with van der Waals surface area (Å²) in [6.07, 6.45) is 1.22. The lowest BCUT2D eigenvalue weighted by Crippen LogP contribution is -2.55. The molecule has 1 aromatic carbocycles. The summed E-state index contributed by atoms with van der Waals surface area (Å²) in [6.45, 7) is -1.49. The molecule has 0 aromatic heterocycles. The Labute approximate surface area is 142 Å². The lowest BCUT2D eigenvalue weighted by Gasteiger charge is -2.54. The van der Waals surface area contributed by atoms with Gasteiger partial charge < -0.3 is 15.4 Å². The van der Waals surface area contributed by atoms with Crippen LogP contribution in [0.4, 0.5) is 22.4 Å². The molecule has 0 bridgehead atoms. The van der Waals surface area contributed by atoms with E-state index in [4.69, 9.17) is 0 Å². The van der Waals surface area contributed by atoms with Crippen LogP contribution in [0.3, 0.4) is 0 Å². The maximum atomic E-state index is 13.5. The number of carbonyl (C=O) groups is 1. The molecule has 0 radical (unpaired) electrons. The minimum Gasteiger partial charge on any atom is -0.481 e. The first-order valence-electron chi connectivity index (χ1n) is 8.27. The minimum atomic E-state index is -4.54. The van der Waals surface area contributed by atoms with Crippen LogP contribution in [0.5, 0.6) is 5.75 Å². The first kappa shape index (κ1) is 17.8. The summed E-state index contributed by atoms with van der Waals surface area (Å²) in [5.74, 6) is -1.36. The van der Waals surface area contributed by atoms with Crippen LogP contribution >= 0.6 is 0 Å². The highest BCUT2D eigenvalue weighted by atomic mass is 19.4. The quantitative estimate of drug-likeness (QED) is 0.783. The summed E-state index contributed by atoms with van der Waals surface area (Å²) in [7, 11) is 0. The molecule has 8 heteroatoms. The lowest BCUT2D eigenvalue weighted by atomic mass is 9.54. The lowest BCUT2D eigenvalue weighted by molar-refractivity contribution is -0.153. The predicted octanol–water partition coefficient (Wildman–Crippen LogP) is 3.90. The van der Waals surface area contributed by atoms with E-state index in [1.807, 2.05) is 0 Å². The fraction of sp³-hybridized carbons (Fsp3) is 0.588. The Morgan fingerprint density at radius 1 is 1.28 bits per heavy atom. The van der Waals surface area contributed by atoms with Gasteiger partial charge in [0.1, 0.15) is 0 Å². The maximum Gasteiger partial charge on any atom is 0.422 e. The van der Waals surface area contributed by atoms with Gasteiger partial charge in [0, 0.05) is 12.6 Å². The third kappa shape index (κ3) is 4.55. The summed E-state index contributed by atoms with van der Waals surface area (Å²) >= 11 is 0. The third-order valence-electron chi connectivity index (χ3n) is 4.95. The van der Waals surface area contributed by atoms with E-state index in [1.165, 1.54) is 25.3 Å². The van der Waals surface area contributed by atoms with Crippen LogP contribution in [0.1, 0.15) is 37.7 Å². The molecular formula is C17H20F4N2O2. The van der Waals surface area contributed by atoms with E-state index in [0.717, 1.165) is 25.0 Å². The van der Waals surface area contributed by atoms with Crippen molar-refractivity contribution in [2.75, 3.05) is 6.61 Å². The minimum absolute atomic E-state index is 0.0757. The number of nitrogens with one attached hydrogen (secondary N) is 2. The molecule has 2 amide bonds. The van der Waals surface area contributed by atoms with Crippen LogP contribution in [0.2, 0.25) is 0 Å². The molecule has 4 nitrogen and oxygen atoms in total. The number of amides is 2. The van der Waals surface area contributed by atoms with E-state index in [1.54, 1.807) is 0 Å². The predicted molar refractivity (Wildman–Crippen MR) is 82.6 cm³/mol. The highest BCUT2D eigenvalue weighted by Gasteiger charge is 2.48. The summed E-state index contributed by atoms with van der Waals surface area (Å²) in [5.41, 5.74) is 0.914. The standard InChI is InChI=1S/C17H20F4N2O2/c18-13-3-2-11(6-14(13)25-10-17(19,20)21)9-22-15(24)23-12-7-16(8-12)4-1-5-16/h2-3,6,12H,1,4-5,7-10H2,(H2,22,23,24). The van der Waals surface area contributed by atoms with Crippen LogP contribution in [0.25, 0.3) is 0 Å². The van der Waals surface area contributed by atoms with Gasteiger partial charge in [0.2, 0.25) is 0 Å². The molecule has 1 aromatic rings. The van der Waals surface area contributed by atoms with Crippen molar-refractivity contribution >= 4 is 6.03 Å². The topological polar surface area (TPSA) is 50.4 Å². The van der Waals surface area contributed by atoms with Gasteiger partial charge in [-0.1, -0.05) is 12.5 Å². The second-order valence-corrected chi connectivity index (χ2v) is 6.95. The van der Waals surface area contributed by atoms with Crippen molar-refractivity contribution in [1.82, 2.24) is 10.6 Å². The zero-order valence-corrected chi connectivity index (χ0v) is 13.6. The molecule has 138 valence electrons. The Kier molecular flexibility index (Phi) is 4.79. The van der Waals surface area contributed by atoms with Crippen molar-refractivity contribution < 1.29 is 27.1 Å². The first-order valence-corrected chi connectivity index (χ1v) is 8.27. The molecule has 3 rings (SSSR count). The number of rotatable bonds is 5. The molecule has 0 aliphatic heterocycles. The van der Waals surface area contributed by atoms with Crippen molar-refractivity contribution in [3.8, 4) is 5.75 Å². The average Bonchev–Trinajstić information content (AvgIpc) is 2.45. The largest absolute Gasteiger partial charge is 0.481 e. The average molecular weight is 360 g/mol. The number of halogens is 4. The van der Waals surface area contributed by atoms with Crippen molar-refractivity contribution in [3.05, 3.63) is 29.6 Å². The Hall–Kier alpha value is -1.99. The number of carbonyl (C=O) groups excluding carboxylic acids is 1. The van der Waals surface area contributed by atoms with E-state index in [9.17, 15) is 22.4 Å². The van der Waals surface area contributed by atoms with Gasteiger partial charge in [-0.05, 0) is 48.8 Å². The second kappa shape index (κ2) is 6.72. The van der Waals surface area contributed by atoms with E-state index in [2.05, 4.69) is 15.4 Å². The van der Waals surface area contributed by atoms with Gasteiger partial charge >= 0.3 is 12.2 Å².